The van der Waals surface area contributed by atoms with E-state index in [1.165, 1.54) is 0 Å². The number of hydrogen-bond acceptors (Lipinski definition) is 4. The van der Waals surface area contributed by atoms with Crippen molar-refractivity contribution >= 4 is 11.8 Å². The molecule has 0 aliphatic carbocycles. The number of rotatable bonds is 7. The minimum Gasteiger partial charge on any atom is -0.496 e. The third-order valence-electron chi connectivity index (χ3n) is 5.20. The highest BCUT2D eigenvalue weighted by Crippen LogP contribution is 2.39. The van der Waals surface area contributed by atoms with Crippen LogP contribution in [0.5, 0.6) is 5.75 Å². The maximum Gasteiger partial charge on any atom is 0.251 e. The summed E-state index contributed by atoms with van der Waals surface area (Å²) in [6, 6.07) is 16.8. The zero-order valence-corrected chi connectivity index (χ0v) is 16.1. The van der Waals surface area contributed by atoms with Crippen LogP contribution in [0.15, 0.2) is 54.6 Å². The maximum atomic E-state index is 12.4. The predicted octanol–water partition coefficient (Wildman–Crippen LogP) is 2.29. The Kier molecular flexibility index (Phi) is 6.66. The molecule has 1 aliphatic heterocycles. The van der Waals surface area contributed by atoms with Gasteiger partial charge in [-0.15, -0.1) is 0 Å². The Labute approximate surface area is 165 Å². The number of amides is 2. The van der Waals surface area contributed by atoms with Gasteiger partial charge in [0.2, 0.25) is 5.91 Å². The van der Waals surface area contributed by atoms with E-state index in [-0.39, 0.29) is 23.8 Å². The largest absolute Gasteiger partial charge is 0.496 e. The van der Waals surface area contributed by atoms with E-state index in [1.807, 2.05) is 30.3 Å². The van der Waals surface area contributed by atoms with Gasteiger partial charge < -0.3 is 20.1 Å². The number of methoxy groups -OCH3 is 1. The van der Waals surface area contributed by atoms with Gasteiger partial charge in [0.1, 0.15) is 5.75 Å². The van der Waals surface area contributed by atoms with E-state index in [0.29, 0.717) is 25.3 Å². The van der Waals surface area contributed by atoms with Gasteiger partial charge in [-0.25, -0.2) is 0 Å². The van der Waals surface area contributed by atoms with Gasteiger partial charge in [-0.2, -0.15) is 0 Å². The fourth-order valence-corrected chi connectivity index (χ4v) is 3.57. The molecule has 0 radical (unpaired) electrons. The molecular formula is C22H26N2O4. The van der Waals surface area contributed by atoms with E-state index >= 15 is 0 Å². The Morgan fingerprint density at radius 2 is 1.68 bits per heavy atom. The molecule has 148 valence electrons. The summed E-state index contributed by atoms with van der Waals surface area (Å²) in [5.74, 6) is 0.335. The van der Waals surface area contributed by atoms with E-state index in [1.54, 1.807) is 31.4 Å². The lowest BCUT2D eigenvalue weighted by molar-refractivity contribution is -0.120. The average Bonchev–Trinajstić information content (AvgIpc) is 2.77. The number of para-hydroxylation sites is 1. The van der Waals surface area contributed by atoms with Crippen molar-refractivity contribution in [2.75, 3.05) is 33.4 Å². The van der Waals surface area contributed by atoms with Gasteiger partial charge in [-0.1, -0.05) is 36.4 Å². The van der Waals surface area contributed by atoms with E-state index < -0.39 is 0 Å². The van der Waals surface area contributed by atoms with Crippen LogP contribution < -0.4 is 15.4 Å². The van der Waals surface area contributed by atoms with Crippen LogP contribution in [0.4, 0.5) is 0 Å². The number of nitrogens with one attached hydrogen (secondary N) is 2. The van der Waals surface area contributed by atoms with Crippen molar-refractivity contribution in [3.05, 3.63) is 65.7 Å². The van der Waals surface area contributed by atoms with Gasteiger partial charge in [0, 0.05) is 36.3 Å². The third kappa shape index (κ3) is 4.70. The fourth-order valence-electron chi connectivity index (χ4n) is 3.57. The third-order valence-corrected chi connectivity index (χ3v) is 5.20. The lowest BCUT2D eigenvalue weighted by atomic mass is 9.73. The Balaban J connectivity index is 1.62. The van der Waals surface area contributed by atoms with Crippen LogP contribution in [0.25, 0.3) is 0 Å². The summed E-state index contributed by atoms with van der Waals surface area (Å²) in [6.07, 6.45) is 1.59. The topological polar surface area (TPSA) is 76.7 Å². The molecule has 1 saturated heterocycles. The SMILES string of the molecule is COc1ccccc1C1(CNC(=O)CNC(=O)c2ccccc2)CCOCC1. The number of benzene rings is 2. The molecule has 1 aliphatic rings. The average molecular weight is 382 g/mol. The van der Waals surface area contributed by atoms with Gasteiger partial charge in [-0.3, -0.25) is 9.59 Å². The highest BCUT2D eigenvalue weighted by molar-refractivity contribution is 5.96. The van der Waals surface area contributed by atoms with Crippen LogP contribution in [-0.4, -0.2) is 45.2 Å². The molecule has 2 N–H and O–H groups in total. The highest BCUT2D eigenvalue weighted by atomic mass is 16.5. The lowest BCUT2D eigenvalue weighted by Crippen LogP contribution is -2.47. The Hall–Kier alpha value is -2.86. The van der Waals surface area contributed by atoms with Crippen LogP contribution in [0, 0.1) is 0 Å². The van der Waals surface area contributed by atoms with Crippen molar-refractivity contribution in [3.63, 3.8) is 0 Å². The summed E-state index contributed by atoms with van der Waals surface area (Å²) in [7, 11) is 1.66. The highest BCUT2D eigenvalue weighted by Gasteiger charge is 2.37. The van der Waals surface area contributed by atoms with E-state index in [4.69, 9.17) is 9.47 Å². The molecular weight excluding hydrogens is 356 g/mol. The first kappa shape index (κ1) is 19.9. The van der Waals surface area contributed by atoms with Crippen LogP contribution in [0.2, 0.25) is 0 Å². The van der Waals surface area contributed by atoms with Crippen molar-refractivity contribution in [1.82, 2.24) is 10.6 Å². The Bertz CT molecular complexity index is 801. The number of hydrogen-bond donors (Lipinski definition) is 2. The van der Waals surface area contributed by atoms with Crippen LogP contribution >= 0.6 is 0 Å². The molecule has 0 aromatic heterocycles. The summed E-state index contributed by atoms with van der Waals surface area (Å²) in [5.41, 5.74) is 1.36. The lowest BCUT2D eigenvalue weighted by Gasteiger charge is -2.38. The van der Waals surface area contributed by atoms with Crippen LogP contribution in [0.1, 0.15) is 28.8 Å². The standard InChI is InChI=1S/C22H26N2O4/c1-27-19-10-6-5-9-18(19)22(11-13-28-14-12-22)16-24-20(25)15-23-21(26)17-7-3-2-4-8-17/h2-10H,11-16H2,1H3,(H,23,26)(H,24,25). The van der Waals surface area contributed by atoms with Crippen molar-refractivity contribution in [3.8, 4) is 5.75 Å². The van der Waals surface area contributed by atoms with Gasteiger partial charge in [0.05, 0.1) is 13.7 Å². The molecule has 1 heterocycles. The molecule has 2 aromatic rings. The van der Waals surface area contributed by atoms with E-state index in [9.17, 15) is 9.59 Å². The summed E-state index contributed by atoms with van der Waals surface area (Å²) in [4.78, 5) is 24.5. The monoisotopic (exact) mass is 382 g/mol. The fraction of sp³-hybridized carbons (Fsp3) is 0.364. The van der Waals surface area contributed by atoms with Crippen molar-refractivity contribution in [1.29, 1.82) is 0 Å². The second-order valence-corrected chi connectivity index (χ2v) is 6.92. The second kappa shape index (κ2) is 9.37. The Morgan fingerprint density at radius 3 is 2.39 bits per heavy atom. The number of carbonyl (C=O) groups is 2. The summed E-state index contributed by atoms with van der Waals surface area (Å²) in [5, 5.41) is 5.65. The molecule has 2 amide bonds. The number of ether oxygens (including phenoxy) is 2. The Morgan fingerprint density at radius 1 is 1.00 bits per heavy atom. The second-order valence-electron chi connectivity index (χ2n) is 6.92. The molecule has 6 heteroatoms. The summed E-state index contributed by atoms with van der Waals surface area (Å²) in [6.45, 7) is 1.68. The molecule has 28 heavy (non-hydrogen) atoms. The molecule has 1 fully saturated rings. The molecule has 0 bridgehead atoms. The first-order valence-corrected chi connectivity index (χ1v) is 9.46. The molecule has 6 nitrogen and oxygen atoms in total. The van der Waals surface area contributed by atoms with Crippen molar-refractivity contribution in [2.24, 2.45) is 0 Å². The van der Waals surface area contributed by atoms with Gasteiger partial charge in [-0.05, 0) is 31.0 Å². The smallest absolute Gasteiger partial charge is 0.251 e. The van der Waals surface area contributed by atoms with Gasteiger partial charge >= 0.3 is 0 Å². The normalized spacial score (nSPS) is 15.5. The predicted molar refractivity (Wildman–Crippen MR) is 107 cm³/mol. The van der Waals surface area contributed by atoms with E-state index in [2.05, 4.69) is 10.6 Å². The van der Waals surface area contributed by atoms with E-state index in [0.717, 1.165) is 24.2 Å². The first-order valence-electron chi connectivity index (χ1n) is 9.46. The zero-order valence-electron chi connectivity index (χ0n) is 16.1. The van der Waals surface area contributed by atoms with Gasteiger partial charge in [0.15, 0.2) is 0 Å². The van der Waals surface area contributed by atoms with Crippen molar-refractivity contribution < 1.29 is 19.1 Å². The molecule has 0 unspecified atom stereocenters. The molecule has 0 spiro atoms. The summed E-state index contributed by atoms with van der Waals surface area (Å²) < 4.78 is 11.1. The summed E-state index contributed by atoms with van der Waals surface area (Å²) >= 11 is 0. The quantitative estimate of drug-likeness (QED) is 0.770. The molecule has 0 saturated carbocycles. The zero-order chi connectivity index (χ0) is 19.8. The number of carbonyl (C=O) groups excluding carboxylic acids is 2. The first-order chi connectivity index (χ1) is 13.6. The van der Waals surface area contributed by atoms with Gasteiger partial charge in [0.25, 0.3) is 5.91 Å². The molecule has 2 aromatic carbocycles. The minimum absolute atomic E-state index is 0.0633. The van der Waals surface area contributed by atoms with Crippen LogP contribution in [-0.2, 0) is 14.9 Å². The maximum absolute atomic E-state index is 12.4. The molecule has 0 atom stereocenters. The molecule has 3 rings (SSSR count). The minimum atomic E-state index is -0.263. The van der Waals surface area contributed by atoms with Crippen LogP contribution in [0.3, 0.4) is 0 Å². The van der Waals surface area contributed by atoms with Crippen molar-refractivity contribution in [2.45, 2.75) is 18.3 Å².